The number of carbonyl (C=O) groups is 2. The van der Waals surface area contributed by atoms with Crippen LogP contribution in [0.2, 0.25) is 0 Å². The van der Waals surface area contributed by atoms with Gasteiger partial charge in [0.1, 0.15) is 0 Å². The number of rotatable bonds is 3. The maximum atomic E-state index is 12.4. The van der Waals surface area contributed by atoms with Gasteiger partial charge >= 0.3 is 0 Å². The molecule has 1 N–H and O–H groups in total. The molecule has 23 heavy (non-hydrogen) atoms. The highest BCUT2D eigenvalue weighted by atomic mass is 32.1. The Morgan fingerprint density at radius 2 is 2.13 bits per heavy atom. The van der Waals surface area contributed by atoms with Gasteiger partial charge in [-0.3, -0.25) is 9.59 Å². The molecule has 0 saturated carbocycles. The van der Waals surface area contributed by atoms with Gasteiger partial charge in [-0.25, -0.2) is 4.98 Å². The quantitative estimate of drug-likeness (QED) is 0.938. The Kier molecular flexibility index (Phi) is 3.72. The predicted octanol–water partition coefficient (Wildman–Crippen LogP) is 3.41. The van der Waals surface area contributed by atoms with Crippen molar-refractivity contribution in [3.05, 3.63) is 29.1 Å². The van der Waals surface area contributed by atoms with E-state index in [9.17, 15) is 9.59 Å². The molecule has 0 saturated heterocycles. The lowest BCUT2D eigenvalue weighted by atomic mass is 9.85. The lowest BCUT2D eigenvalue weighted by molar-refractivity contribution is -0.121. The average molecular weight is 329 g/mol. The highest BCUT2D eigenvalue weighted by molar-refractivity contribution is 7.14. The zero-order chi connectivity index (χ0) is 16.8. The molecular weight excluding hydrogens is 310 g/mol. The van der Waals surface area contributed by atoms with Gasteiger partial charge in [-0.15, -0.1) is 11.3 Å². The van der Waals surface area contributed by atoms with E-state index in [4.69, 9.17) is 0 Å². The Bertz CT molecular complexity index is 795. The molecule has 1 aliphatic rings. The van der Waals surface area contributed by atoms with Crippen LogP contribution in [-0.2, 0) is 15.0 Å². The van der Waals surface area contributed by atoms with E-state index in [0.717, 1.165) is 22.5 Å². The van der Waals surface area contributed by atoms with Gasteiger partial charge in [0, 0.05) is 30.1 Å². The van der Waals surface area contributed by atoms with Crippen LogP contribution in [0.15, 0.2) is 23.6 Å². The number of nitrogens with one attached hydrogen (secondary N) is 1. The summed E-state index contributed by atoms with van der Waals surface area (Å²) in [6.07, 6.45) is 0.427. The van der Waals surface area contributed by atoms with Crippen molar-refractivity contribution in [1.82, 2.24) is 4.98 Å². The Morgan fingerprint density at radius 3 is 2.83 bits per heavy atom. The standard InChI is InChI=1S/C17H19N3O2S/c1-5-14(21)19-16-18-12(9-23-16)10-6-7-13-11(8-10)17(2,3)15(22)20(13)4/h6-9H,5H2,1-4H3,(H,18,19,21). The molecule has 0 atom stereocenters. The van der Waals surface area contributed by atoms with E-state index in [0.29, 0.717) is 11.6 Å². The van der Waals surface area contributed by atoms with Gasteiger partial charge in [0.15, 0.2) is 5.13 Å². The van der Waals surface area contributed by atoms with Crippen molar-refractivity contribution in [3.8, 4) is 11.3 Å². The molecule has 3 rings (SSSR count). The van der Waals surface area contributed by atoms with E-state index in [-0.39, 0.29) is 11.8 Å². The molecule has 120 valence electrons. The Morgan fingerprint density at radius 1 is 1.39 bits per heavy atom. The fourth-order valence-electron chi connectivity index (χ4n) is 2.80. The molecule has 5 nitrogen and oxygen atoms in total. The van der Waals surface area contributed by atoms with Gasteiger partial charge in [-0.1, -0.05) is 13.0 Å². The van der Waals surface area contributed by atoms with E-state index in [2.05, 4.69) is 10.3 Å². The molecule has 6 heteroatoms. The number of fused-ring (bicyclic) bond motifs is 1. The number of amides is 2. The second-order valence-corrected chi connectivity index (χ2v) is 7.02. The number of benzene rings is 1. The van der Waals surface area contributed by atoms with Gasteiger partial charge in [-0.2, -0.15) is 0 Å². The molecule has 2 amide bonds. The number of anilines is 2. The minimum atomic E-state index is -0.532. The Labute approximate surface area is 139 Å². The second kappa shape index (κ2) is 5.45. The van der Waals surface area contributed by atoms with Crippen LogP contribution in [0, 0.1) is 0 Å². The summed E-state index contributed by atoms with van der Waals surface area (Å²) in [5.41, 5.74) is 3.18. The summed E-state index contributed by atoms with van der Waals surface area (Å²) in [5, 5.41) is 5.28. The molecule has 1 aliphatic heterocycles. The normalized spacial score (nSPS) is 15.7. The highest BCUT2D eigenvalue weighted by Gasteiger charge is 2.42. The van der Waals surface area contributed by atoms with Crippen LogP contribution in [0.25, 0.3) is 11.3 Å². The highest BCUT2D eigenvalue weighted by Crippen LogP contribution is 2.42. The average Bonchev–Trinajstić information content (AvgIpc) is 3.06. The molecule has 1 aromatic heterocycles. The maximum Gasteiger partial charge on any atom is 0.236 e. The molecular formula is C17H19N3O2S. The molecule has 2 heterocycles. The Balaban J connectivity index is 1.96. The van der Waals surface area contributed by atoms with Crippen LogP contribution in [0.4, 0.5) is 10.8 Å². The third-order valence-electron chi connectivity index (χ3n) is 4.24. The predicted molar refractivity (Wildman–Crippen MR) is 92.9 cm³/mol. The first-order valence-corrected chi connectivity index (χ1v) is 8.41. The van der Waals surface area contributed by atoms with E-state index in [1.54, 1.807) is 18.9 Å². The van der Waals surface area contributed by atoms with Crippen LogP contribution >= 0.6 is 11.3 Å². The Hall–Kier alpha value is -2.21. The summed E-state index contributed by atoms with van der Waals surface area (Å²) < 4.78 is 0. The maximum absolute atomic E-state index is 12.4. The minimum absolute atomic E-state index is 0.0480. The van der Waals surface area contributed by atoms with Gasteiger partial charge in [0.25, 0.3) is 0 Å². The first kappa shape index (κ1) is 15.7. The van der Waals surface area contributed by atoms with Crippen molar-refractivity contribution in [1.29, 1.82) is 0 Å². The number of likely N-dealkylation sites (N-methyl/N-ethyl adjacent to an activating group) is 1. The summed E-state index contributed by atoms with van der Waals surface area (Å²) in [5.74, 6) is 0.0482. The smallest absolute Gasteiger partial charge is 0.236 e. The molecule has 0 fully saturated rings. The summed E-state index contributed by atoms with van der Waals surface area (Å²) >= 11 is 1.40. The molecule has 0 bridgehead atoms. The fourth-order valence-corrected chi connectivity index (χ4v) is 3.54. The minimum Gasteiger partial charge on any atom is -0.314 e. The number of carbonyl (C=O) groups excluding carboxylic acids is 2. The third-order valence-corrected chi connectivity index (χ3v) is 5.00. The van der Waals surface area contributed by atoms with Crippen molar-refractivity contribution in [2.24, 2.45) is 0 Å². The van der Waals surface area contributed by atoms with Crippen molar-refractivity contribution in [2.75, 3.05) is 17.3 Å². The molecule has 1 aromatic carbocycles. The number of aromatic nitrogens is 1. The van der Waals surface area contributed by atoms with E-state index >= 15 is 0 Å². The topological polar surface area (TPSA) is 62.3 Å². The largest absolute Gasteiger partial charge is 0.314 e. The van der Waals surface area contributed by atoms with E-state index < -0.39 is 5.41 Å². The van der Waals surface area contributed by atoms with E-state index in [1.165, 1.54) is 11.3 Å². The van der Waals surface area contributed by atoms with Crippen LogP contribution < -0.4 is 10.2 Å². The van der Waals surface area contributed by atoms with Gasteiger partial charge < -0.3 is 10.2 Å². The summed E-state index contributed by atoms with van der Waals surface area (Å²) in [6, 6.07) is 5.95. The SMILES string of the molecule is CCC(=O)Nc1nc(-c2ccc3c(c2)C(C)(C)C(=O)N3C)cs1. The molecule has 0 unspecified atom stereocenters. The molecule has 0 spiro atoms. The van der Waals surface area contributed by atoms with Crippen molar-refractivity contribution in [2.45, 2.75) is 32.6 Å². The molecule has 0 aliphatic carbocycles. The molecule has 2 aromatic rings. The van der Waals surface area contributed by atoms with Gasteiger partial charge in [-0.05, 0) is 31.5 Å². The number of nitrogens with zero attached hydrogens (tertiary/aromatic N) is 2. The fraction of sp³-hybridized carbons (Fsp3) is 0.353. The first-order chi connectivity index (χ1) is 10.8. The van der Waals surface area contributed by atoms with Crippen LogP contribution in [0.5, 0.6) is 0 Å². The molecule has 0 radical (unpaired) electrons. The number of hydrogen-bond donors (Lipinski definition) is 1. The monoisotopic (exact) mass is 329 g/mol. The number of hydrogen-bond acceptors (Lipinski definition) is 4. The van der Waals surface area contributed by atoms with Crippen LogP contribution in [0.1, 0.15) is 32.8 Å². The van der Waals surface area contributed by atoms with Crippen LogP contribution in [0.3, 0.4) is 0 Å². The van der Waals surface area contributed by atoms with Gasteiger partial charge in [0.05, 0.1) is 11.1 Å². The summed E-state index contributed by atoms with van der Waals surface area (Å²) in [7, 11) is 1.80. The summed E-state index contributed by atoms with van der Waals surface area (Å²) in [6.45, 7) is 5.69. The zero-order valence-electron chi connectivity index (χ0n) is 13.6. The van der Waals surface area contributed by atoms with Gasteiger partial charge in [0.2, 0.25) is 11.8 Å². The van der Waals surface area contributed by atoms with Crippen molar-refractivity contribution >= 4 is 34.0 Å². The summed E-state index contributed by atoms with van der Waals surface area (Å²) in [4.78, 5) is 30.0. The number of thiazole rings is 1. The van der Waals surface area contributed by atoms with Crippen molar-refractivity contribution in [3.63, 3.8) is 0 Å². The second-order valence-electron chi connectivity index (χ2n) is 6.16. The van der Waals surface area contributed by atoms with Crippen LogP contribution in [-0.4, -0.2) is 23.8 Å². The lowest BCUT2D eigenvalue weighted by Crippen LogP contribution is -2.33. The van der Waals surface area contributed by atoms with Crippen molar-refractivity contribution < 1.29 is 9.59 Å². The third kappa shape index (κ3) is 2.53. The first-order valence-electron chi connectivity index (χ1n) is 7.53. The zero-order valence-corrected chi connectivity index (χ0v) is 14.5. The lowest BCUT2D eigenvalue weighted by Gasteiger charge is -2.16. The van der Waals surface area contributed by atoms with E-state index in [1.807, 2.05) is 37.4 Å².